The molecule has 0 unspecified atom stereocenters. The van der Waals surface area contributed by atoms with E-state index in [-0.39, 0.29) is 23.5 Å². The van der Waals surface area contributed by atoms with E-state index in [1.807, 2.05) is 45.0 Å². The number of nitrogens with one attached hydrogen (secondary N) is 1. The Bertz CT molecular complexity index is 691. The van der Waals surface area contributed by atoms with Crippen LogP contribution >= 0.6 is 0 Å². The van der Waals surface area contributed by atoms with Crippen LogP contribution in [0.15, 0.2) is 34.9 Å². The lowest BCUT2D eigenvalue weighted by Gasteiger charge is -2.14. The zero-order valence-corrected chi connectivity index (χ0v) is 15.2. The molecule has 5 nitrogen and oxygen atoms in total. The summed E-state index contributed by atoms with van der Waals surface area (Å²) in [5, 5.41) is 2.89. The van der Waals surface area contributed by atoms with Gasteiger partial charge in [0.25, 0.3) is 0 Å². The standard InChI is InChI=1S/C18H24N2O3S/c1-4-15(5-2)19-17(21)12-24(22)11-16-10-23-18(20-16)14-8-6-13(3)7-9-14/h6-10,15H,4-5,11-12H2,1-3H3,(H,19,21)/t24-/m0/s1. The number of aromatic nitrogens is 1. The van der Waals surface area contributed by atoms with Gasteiger partial charge in [0.1, 0.15) is 12.0 Å². The zero-order valence-electron chi connectivity index (χ0n) is 14.4. The van der Waals surface area contributed by atoms with Gasteiger partial charge in [0.05, 0.1) is 11.4 Å². The van der Waals surface area contributed by atoms with Crippen molar-refractivity contribution < 1.29 is 13.4 Å². The van der Waals surface area contributed by atoms with E-state index in [1.54, 1.807) is 0 Å². The molecule has 130 valence electrons. The van der Waals surface area contributed by atoms with E-state index in [9.17, 15) is 9.00 Å². The lowest BCUT2D eigenvalue weighted by molar-refractivity contribution is -0.119. The Labute approximate surface area is 145 Å². The predicted octanol–water partition coefficient (Wildman–Crippen LogP) is 3.20. The smallest absolute Gasteiger partial charge is 0.232 e. The number of aryl methyl sites for hydroxylation is 1. The fraction of sp³-hybridized carbons (Fsp3) is 0.444. The van der Waals surface area contributed by atoms with Gasteiger partial charge in [0.15, 0.2) is 0 Å². The van der Waals surface area contributed by atoms with Gasteiger partial charge in [0.2, 0.25) is 11.8 Å². The van der Waals surface area contributed by atoms with Crippen molar-refractivity contribution in [2.45, 2.75) is 45.4 Å². The second-order valence-electron chi connectivity index (χ2n) is 5.82. The molecule has 1 amide bonds. The van der Waals surface area contributed by atoms with Gasteiger partial charge >= 0.3 is 0 Å². The minimum Gasteiger partial charge on any atom is -0.444 e. The van der Waals surface area contributed by atoms with Crippen LogP contribution in [0, 0.1) is 6.92 Å². The van der Waals surface area contributed by atoms with Gasteiger partial charge in [-0.2, -0.15) is 0 Å². The molecule has 1 heterocycles. The first-order chi connectivity index (χ1) is 11.5. The Kier molecular flexibility index (Phi) is 6.73. The lowest BCUT2D eigenvalue weighted by Crippen LogP contribution is -2.36. The SMILES string of the molecule is CCC(CC)NC(=O)C[S@@](=O)Cc1coc(-c2ccc(C)cc2)n1. The van der Waals surface area contributed by atoms with Crippen molar-refractivity contribution >= 4 is 16.7 Å². The number of amides is 1. The second-order valence-corrected chi connectivity index (χ2v) is 7.28. The molecule has 1 N–H and O–H groups in total. The summed E-state index contributed by atoms with van der Waals surface area (Å²) < 4.78 is 17.6. The van der Waals surface area contributed by atoms with Crippen molar-refractivity contribution in [2.24, 2.45) is 0 Å². The van der Waals surface area contributed by atoms with E-state index in [4.69, 9.17) is 4.42 Å². The van der Waals surface area contributed by atoms with Crippen molar-refractivity contribution in [3.63, 3.8) is 0 Å². The molecule has 1 aromatic carbocycles. The Morgan fingerprint density at radius 1 is 1.25 bits per heavy atom. The summed E-state index contributed by atoms with van der Waals surface area (Å²) in [6.07, 6.45) is 3.25. The highest BCUT2D eigenvalue weighted by Gasteiger charge is 2.14. The van der Waals surface area contributed by atoms with Crippen molar-refractivity contribution in [2.75, 3.05) is 5.75 Å². The molecule has 0 radical (unpaired) electrons. The van der Waals surface area contributed by atoms with Crippen LogP contribution in [0.5, 0.6) is 0 Å². The molecule has 0 saturated carbocycles. The van der Waals surface area contributed by atoms with Crippen LogP contribution in [0.1, 0.15) is 37.9 Å². The van der Waals surface area contributed by atoms with Crippen molar-refractivity contribution in [3.05, 3.63) is 41.8 Å². The highest BCUT2D eigenvalue weighted by atomic mass is 32.2. The normalized spacial score (nSPS) is 12.3. The number of nitrogens with zero attached hydrogens (tertiary/aromatic N) is 1. The third-order valence-electron chi connectivity index (χ3n) is 3.80. The van der Waals surface area contributed by atoms with E-state index in [0.717, 1.165) is 24.0 Å². The van der Waals surface area contributed by atoms with E-state index in [0.29, 0.717) is 11.6 Å². The monoisotopic (exact) mass is 348 g/mol. The Morgan fingerprint density at radius 3 is 2.54 bits per heavy atom. The van der Waals surface area contributed by atoms with Gasteiger partial charge in [-0.1, -0.05) is 31.5 Å². The molecule has 0 spiro atoms. The maximum Gasteiger partial charge on any atom is 0.232 e. The van der Waals surface area contributed by atoms with Gasteiger partial charge in [-0.25, -0.2) is 4.98 Å². The second kappa shape index (κ2) is 8.78. The summed E-state index contributed by atoms with van der Waals surface area (Å²) in [4.78, 5) is 16.2. The number of oxazole rings is 1. The largest absolute Gasteiger partial charge is 0.444 e. The van der Waals surface area contributed by atoms with Crippen LogP contribution < -0.4 is 5.32 Å². The van der Waals surface area contributed by atoms with Crippen LogP contribution in [0.3, 0.4) is 0 Å². The summed E-state index contributed by atoms with van der Waals surface area (Å²) in [5.74, 6) is 0.530. The van der Waals surface area contributed by atoms with Gasteiger partial charge < -0.3 is 9.73 Å². The van der Waals surface area contributed by atoms with E-state index < -0.39 is 10.8 Å². The van der Waals surface area contributed by atoms with Gasteiger partial charge in [0, 0.05) is 22.4 Å². The van der Waals surface area contributed by atoms with Gasteiger partial charge in [-0.05, 0) is 31.9 Å². The minimum absolute atomic E-state index is 0.0107. The number of hydrogen-bond acceptors (Lipinski definition) is 4. The molecule has 1 atom stereocenters. The topological polar surface area (TPSA) is 72.2 Å². The predicted molar refractivity (Wildman–Crippen MR) is 95.9 cm³/mol. The van der Waals surface area contributed by atoms with Crippen LogP contribution in [0.4, 0.5) is 0 Å². The Morgan fingerprint density at radius 2 is 1.92 bits per heavy atom. The van der Waals surface area contributed by atoms with E-state index in [1.165, 1.54) is 6.26 Å². The molecule has 2 rings (SSSR count). The summed E-state index contributed by atoms with van der Waals surface area (Å²) in [7, 11) is -1.30. The lowest BCUT2D eigenvalue weighted by atomic mass is 10.1. The average molecular weight is 348 g/mol. The third-order valence-corrected chi connectivity index (χ3v) is 5.00. The fourth-order valence-electron chi connectivity index (χ4n) is 2.33. The molecule has 6 heteroatoms. The molecule has 0 fully saturated rings. The van der Waals surface area contributed by atoms with Crippen LogP contribution in [-0.4, -0.2) is 26.9 Å². The molecule has 1 aromatic heterocycles. The highest BCUT2D eigenvalue weighted by molar-refractivity contribution is 7.84. The summed E-state index contributed by atoms with van der Waals surface area (Å²) in [6, 6.07) is 7.99. The Hall–Kier alpha value is -1.95. The zero-order chi connectivity index (χ0) is 17.5. The summed E-state index contributed by atoms with van der Waals surface area (Å²) in [5.41, 5.74) is 2.64. The first-order valence-corrected chi connectivity index (χ1v) is 9.66. The molecule has 2 aromatic rings. The number of hydrogen-bond donors (Lipinski definition) is 1. The highest BCUT2D eigenvalue weighted by Crippen LogP contribution is 2.19. The molecular formula is C18H24N2O3S. The molecule has 0 aliphatic heterocycles. The molecule has 0 saturated heterocycles. The van der Waals surface area contributed by atoms with Crippen molar-refractivity contribution in [3.8, 4) is 11.5 Å². The maximum atomic E-state index is 12.1. The summed E-state index contributed by atoms with van der Waals surface area (Å²) >= 11 is 0. The Balaban J connectivity index is 1.91. The molecular weight excluding hydrogens is 324 g/mol. The summed E-state index contributed by atoms with van der Waals surface area (Å²) in [6.45, 7) is 6.06. The molecule has 0 bridgehead atoms. The van der Waals surface area contributed by atoms with E-state index in [2.05, 4.69) is 10.3 Å². The van der Waals surface area contributed by atoms with Crippen molar-refractivity contribution in [1.82, 2.24) is 10.3 Å². The van der Waals surface area contributed by atoms with Gasteiger partial charge in [-0.15, -0.1) is 0 Å². The minimum atomic E-state index is -1.30. The number of carbonyl (C=O) groups excluding carboxylic acids is 1. The molecule has 0 aliphatic carbocycles. The average Bonchev–Trinajstić information content (AvgIpc) is 3.01. The number of benzene rings is 1. The fourth-order valence-corrected chi connectivity index (χ4v) is 3.27. The molecule has 24 heavy (non-hydrogen) atoms. The number of carbonyl (C=O) groups is 1. The first kappa shape index (κ1) is 18.4. The maximum absolute atomic E-state index is 12.1. The first-order valence-electron chi connectivity index (χ1n) is 8.17. The van der Waals surface area contributed by atoms with E-state index >= 15 is 0 Å². The van der Waals surface area contributed by atoms with Crippen LogP contribution in [0.25, 0.3) is 11.5 Å². The van der Waals surface area contributed by atoms with Crippen LogP contribution in [-0.2, 0) is 21.3 Å². The quantitative estimate of drug-likeness (QED) is 0.795. The number of rotatable bonds is 8. The molecule has 0 aliphatic rings. The van der Waals surface area contributed by atoms with Gasteiger partial charge in [-0.3, -0.25) is 9.00 Å². The van der Waals surface area contributed by atoms with Crippen LogP contribution in [0.2, 0.25) is 0 Å². The van der Waals surface area contributed by atoms with Crippen molar-refractivity contribution in [1.29, 1.82) is 0 Å². The third kappa shape index (κ3) is 5.30.